The van der Waals surface area contributed by atoms with Crippen LogP contribution in [0.4, 0.5) is 0 Å². The summed E-state index contributed by atoms with van der Waals surface area (Å²) in [4.78, 5) is 15.3. The Balaban J connectivity index is 2.71. The van der Waals surface area contributed by atoms with Crippen LogP contribution in [0.1, 0.15) is 29.4 Å². The zero-order valence-corrected chi connectivity index (χ0v) is 10.6. The smallest absolute Gasteiger partial charge is 0.341 e. The Morgan fingerprint density at radius 3 is 2.89 bits per heavy atom. The summed E-state index contributed by atoms with van der Waals surface area (Å²) in [6.07, 6.45) is 2.12. The molecule has 6 heteroatoms. The quantitative estimate of drug-likeness (QED) is 0.893. The molecule has 0 bridgehead atoms. The molecule has 0 saturated carbocycles. The third-order valence-corrected chi connectivity index (χ3v) is 2.66. The maximum atomic E-state index is 11.2. The van der Waals surface area contributed by atoms with E-state index in [4.69, 9.17) is 4.74 Å². The molecule has 0 aliphatic carbocycles. The van der Waals surface area contributed by atoms with Crippen LogP contribution in [0.5, 0.6) is 5.75 Å². The molecule has 0 aliphatic heterocycles. The van der Waals surface area contributed by atoms with Gasteiger partial charge in [-0.05, 0) is 13.3 Å². The number of aryl methyl sites for hydroxylation is 2. The molecule has 96 valence electrons. The molecule has 2 aromatic rings. The first kappa shape index (κ1) is 12.3. The zero-order valence-electron chi connectivity index (χ0n) is 10.6. The van der Waals surface area contributed by atoms with Gasteiger partial charge in [-0.2, -0.15) is 5.10 Å². The lowest BCUT2D eigenvalue weighted by atomic mass is 10.2. The van der Waals surface area contributed by atoms with E-state index in [1.165, 1.54) is 6.20 Å². The highest BCUT2D eigenvalue weighted by molar-refractivity contribution is 5.98. The Bertz CT molecular complexity index is 604. The van der Waals surface area contributed by atoms with Crippen LogP contribution in [0.3, 0.4) is 0 Å². The number of carboxylic acids is 1. The van der Waals surface area contributed by atoms with Crippen molar-refractivity contribution in [1.82, 2.24) is 14.8 Å². The van der Waals surface area contributed by atoms with Gasteiger partial charge in [0.05, 0.1) is 17.7 Å². The van der Waals surface area contributed by atoms with Crippen molar-refractivity contribution in [3.05, 3.63) is 17.5 Å². The number of hydrogen-bond donors (Lipinski definition) is 1. The first-order valence-electron chi connectivity index (χ1n) is 5.74. The van der Waals surface area contributed by atoms with Gasteiger partial charge in [-0.1, -0.05) is 6.92 Å². The molecule has 18 heavy (non-hydrogen) atoms. The molecule has 0 saturated heterocycles. The van der Waals surface area contributed by atoms with Gasteiger partial charge in [0.1, 0.15) is 11.3 Å². The Morgan fingerprint density at radius 1 is 1.56 bits per heavy atom. The van der Waals surface area contributed by atoms with Gasteiger partial charge in [0.15, 0.2) is 5.65 Å². The molecule has 2 heterocycles. The summed E-state index contributed by atoms with van der Waals surface area (Å²) in [5.41, 5.74) is 1.42. The molecule has 0 aliphatic rings. The zero-order chi connectivity index (χ0) is 13.3. The van der Waals surface area contributed by atoms with E-state index in [-0.39, 0.29) is 5.56 Å². The lowest BCUT2D eigenvalue weighted by Gasteiger charge is -2.09. The Morgan fingerprint density at radius 2 is 2.28 bits per heavy atom. The predicted molar refractivity (Wildman–Crippen MR) is 66.0 cm³/mol. The van der Waals surface area contributed by atoms with Crippen LogP contribution in [0.15, 0.2) is 6.20 Å². The van der Waals surface area contributed by atoms with Crippen molar-refractivity contribution in [1.29, 1.82) is 0 Å². The lowest BCUT2D eigenvalue weighted by molar-refractivity contribution is 0.0692. The largest absolute Gasteiger partial charge is 0.492 e. The van der Waals surface area contributed by atoms with E-state index in [0.29, 0.717) is 29.1 Å². The normalized spacial score (nSPS) is 10.8. The monoisotopic (exact) mass is 249 g/mol. The van der Waals surface area contributed by atoms with Crippen molar-refractivity contribution in [2.75, 3.05) is 6.61 Å². The number of ether oxygens (including phenoxy) is 1. The minimum absolute atomic E-state index is 0.0760. The fourth-order valence-corrected chi connectivity index (χ4v) is 1.89. The highest BCUT2D eigenvalue weighted by atomic mass is 16.5. The van der Waals surface area contributed by atoms with Gasteiger partial charge in [0.2, 0.25) is 0 Å². The molecule has 0 unspecified atom stereocenters. The molecular formula is C12H15N3O3. The third-order valence-electron chi connectivity index (χ3n) is 2.66. The van der Waals surface area contributed by atoms with Gasteiger partial charge < -0.3 is 9.84 Å². The number of nitrogens with zero attached hydrogens (tertiary/aromatic N) is 3. The molecule has 0 radical (unpaired) electrons. The fraction of sp³-hybridized carbons (Fsp3) is 0.417. The van der Waals surface area contributed by atoms with Crippen molar-refractivity contribution in [2.45, 2.75) is 20.3 Å². The summed E-state index contributed by atoms with van der Waals surface area (Å²) >= 11 is 0. The molecule has 2 aromatic heterocycles. The van der Waals surface area contributed by atoms with Crippen molar-refractivity contribution < 1.29 is 14.6 Å². The van der Waals surface area contributed by atoms with Crippen molar-refractivity contribution in [3.8, 4) is 5.75 Å². The van der Waals surface area contributed by atoms with Crippen LogP contribution < -0.4 is 4.74 Å². The second-order valence-corrected chi connectivity index (χ2v) is 4.06. The number of aromatic carboxylic acids is 1. The molecule has 6 nitrogen and oxygen atoms in total. The number of fused-ring (bicyclic) bond motifs is 1. The van der Waals surface area contributed by atoms with E-state index in [1.807, 2.05) is 13.8 Å². The molecule has 2 rings (SSSR count). The molecular weight excluding hydrogens is 234 g/mol. The van der Waals surface area contributed by atoms with Crippen LogP contribution in [-0.4, -0.2) is 32.4 Å². The topological polar surface area (TPSA) is 77.2 Å². The average Bonchev–Trinajstić information content (AvgIpc) is 2.62. The summed E-state index contributed by atoms with van der Waals surface area (Å²) in [6.45, 7) is 4.25. The van der Waals surface area contributed by atoms with Crippen LogP contribution in [0.2, 0.25) is 0 Å². The Kier molecular flexibility index (Phi) is 3.18. The highest BCUT2D eigenvalue weighted by Crippen LogP contribution is 2.30. The molecule has 0 aromatic carbocycles. The SMILES string of the molecule is CCCOc1c(C(=O)O)cnc2c1c(C)nn2C. The number of pyridine rings is 1. The summed E-state index contributed by atoms with van der Waals surface area (Å²) in [5, 5.41) is 14.1. The third kappa shape index (κ3) is 1.90. The van der Waals surface area contributed by atoms with E-state index >= 15 is 0 Å². The maximum Gasteiger partial charge on any atom is 0.341 e. The summed E-state index contributed by atoms with van der Waals surface area (Å²) in [6, 6.07) is 0. The number of aromatic nitrogens is 3. The van der Waals surface area contributed by atoms with E-state index in [2.05, 4.69) is 10.1 Å². The van der Waals surface area contributed by atoms with Crippen molar-refractivity contribution in [2.24, 2.45) is 7.05 Å². The molecule has 0 fully saturated rings. The fourth-order valence-electron chi connectivity index (χ4n) is 1.89. The molecule has 0 amide bonds. The van der Waals surface area contributed by atoms with E-state index in [9.17, 15) is 9.90 Å². The molecule has 0 spiro atoms. The van der Waals surface area contributed by atoms with Crippen LogP contribution in [-0.2, 0) is 7.05 Å². The number of carbonyl (C=O) groups is 1. The van der Waals surface area contributed by atoms with Crippen molar-refractivity contribution in [3.63, 3.8) is 0 Å². The first-order valence-corrected chi connectivity index (χ1v) is 5.74. The number of rotatable bonds is 4. The van der Waals surface area contributed by atoms with E-state index in [0.717, 1.165) is 6.42 Å². The second kappa shape index (κ2) is 4.64. The minimum Gasteiger partial charge on any atom is -0.492 e. The van der Waals surface area contributed by atoms with Gasteiger partial charge in [-0.25, -0.2) is 9.78 Å². The van der Waals surface area contributed by atoms with Crippen LogP contribution in [0.25, 0.3) is 11.0 Å². The van der Waals surface area contributed by atoms with Gasteiger partial charge in [-0.15, -0.1) is 0 Å². The standard InChI is InChI=1S/C12H15N3O3/c1-4-5-18-10-8(12(16)17)6-13-11-9(10)7(2)14-15(11)3/h6H,4-5H2,1-3H3,(H,16,17). The number of hydrogen-bond acceptors (Lipinski definition) is 4. The summed E-state index contributed by atoms with van der Waals surface area (Å²) < 4.78 is 7.20. The second-order valence-electron chi connectivity index (χ2n) is 4.06. The highest BCUT2D eigenvalue weighted by Gasteiger charge is 2.20. The van der Waals surface area contributed by atoms with Gasteiger partial charge in [0.25, 0.3) is 0 Å². The van der Waals surface area contributed by atoms with Gasteiger partial charge in [-0.3, -0.25) is 4.68 Å². The molecule has 1 N–H and O–H groups in total. The van der Waals surface area contributed by atoms with Crippen LogP contribution >= 0.6 is 0 Å². The van der Waals surface area contributed by atoms with Gasteiger partial charge in [0, 0.05) is 13.2 Å². The summed E-state index contributed by atoms with van der Waals surface area (Å²) in [7, 11) is 1.77. The summed E-state index contributed by atoms with van der Waals surface area (Å²) in [5.74, 6) is -0.682. The van der Waals surface area contributed by atoms with Crippen LogP contribution in [0, 0.1) is 6.92 Å². The average molecular weight is 249 g/mol. The Labute approximate surface area is 104 Å². The molecule has 0 atom stereocenters. The Hall–Kier alpha value is -2.11. The van der Waals surface area contributed by atoms with Gasteiger partial charge >= 0.3 is 5.97 Å². The van der Waals surface area contributed by atoms with E-state index < -0.39 is 5.97 Å². The lowest BCUT2D eigenvalue weighted by Crippen LogP contribution is -2.06. The number of carboxylic acid groups (broad SMARTS) is 1. The maximum absolute atomic E-state index is 11.2. The van der Waals surface area contributed by atoms with Crippen molar-refractivity contribution >= 4 is 17.0 Å². The minimum atomic E-state index is -1.04. The first-order chi connectivity index (χ1) is 8.56. The van der Waals surface area contributed by atoms with E-state index in [1.54, 1.807) is 11.7 Å². The predicted octanol–water partition coefficient (Wildman–Crippen LogP) is 1.76.